The first-order valence-electron chi connectivity index (χ1n) is 7.62. The van der Waals surface area contributed by atoms with Crippen molar-refractivity contribution in [1.82, 2.24) is 0 Å². The number of hydrogen-bond acceptors (Lipinski definition) is 4. The van der Waals surface area contributed by atoms with E-state index in [0.717, 1.165) is 0 Å². The Morgan fingerprint density at radius 3 is 1.83 bits per heavy atom. The lowest BCUT2D eigenvalue weighted by molar-refractivity contribution is -0.648. The normalized spacial score (nSPS) is 12.0. The summed E-state index contributed by atoms with van der Waals surface area (Å²) in [5.74, 6) is 0. The molecule has 23 heavy (non-hydrogen) atoms. The smallest absolute Gasteiger partial charge is 0.143 e. The van der Waals surface area contributed by atoms with Gasteiger partial charge >= 0.3 is 0 Å². The number of nitrogens with two attached hydrogens (primary N) is 1. The minimum Gasteiger partial charge on any atom is -0.746 e. The first-order valence-corrected chi connectivity index (χ1v) is 9.09. The zero-order valence-corrected chi connectivity index (χ0v) is 14.3. The number of quaternary nitrogens is 1. The van der Waals surface area contributed by atoms with Gasteiger partial charge in [-0.3, -0.25) is 0 Å². The van der Waals surface area contributed by atoms with Crippen LogP contribution in [0.4, 0.5) is 5.69 Å². The zero-order chi connectivity index (χ0) is 17.1. The summed E-state index contributed by atoms with van der Waals surface area (Å²) in [6.07, 6.45) is 0. The van der Waals surface area contributed by atoms with Crippen molar-refractivity contribution in [3.05, 3.63) is 66.2 Å². The van der Waals surface area contributed by atoms with E-state index < -0.39 is 15.5 Å². The molecule has 0 saturated heterocycles. The number of para-hydroxylation sites is 1. The van der Waals surface area contributed by atoms with Crippen LogP contribution in [0.2, 0.25) is 0 Å². The Bertz CT molecular complexity index is 644. The number of anilines is 1. The molecule has 2 rings (SSSR count). The molecule has 5 nitrogen and oxygen atoms in total. The Balaban J connectivity index is 0.000000463. The molecule has 0 radical (unpaired) electrons. The molecular formula is C17H24N2O3S. The fourth-order valence-electron chi connectivity index (χ4n) is 1.92. The van der Waals surface area contributed by atoms with Crippen molar-refractivity contribution in [3.63, 3.8) is 0 Å². The van der Waals surface area contributed by atoms with Crippen LogP contribution in [0.3, 0.4) is 0 Å². The molecule has 0 aliphatic carbocycles. The molecule has 1 unspecified atom stereocenters. The highest BCUT2D eigenvalue weighted by Gasteiger charge is 2.17. The predicted octanol–water partition coefficient (Wildman–Crippen LogP) is 1.93. The van der Waals surface area contributed by atoms with Crippen LogP contribution in [-0.2, 0) is 10.1 Å². The highest BCUT2D eigenvalue weighted by atomic mass is 32.2. The summed E-state index contributed by atoms with van der Waals surface area (Å²) in [5.41, 5.74) is 1.02. The van der Waals surface area contributed by atoms with E-state index in [1.165, 1.54) is 13.1 Å². The van der Waals surface area contributed by atoms with Crippen molar-refractivity contribution in [2.75, 3.05) is 18.4 Å². The Morgan fingerprint density at radius 2 is 1.43 bits per heavy atom. The molecule has 2 aromatic rings. The van der Waals surface area contributed by atoms with Crippen LogP contribution in [-0.4, -0.2) is 26.1 Å². The fourth-order valence-corrected chi connectivity index (χ4v) is 2.70. The van der Waals surface area contributed by atoms with Crippen LogP contribution in [0, 0.1) is 0 Å². The minimum absolute atomic E-state index is 0.427. The van der Waals surface area contributed by atoms with E-state index in [4.69, 9.17) is 0 Å². The van der Waals surface area contributed by atoms with Gasteiger partial charge in [0.2, 0.25) is 0 Å². The Hall–Kier alpha value is -1.89. The van der Waals surface area contributed by atoms with Gasteiger partial charge in [0.05, 0.1) is 13.1 Å². The molecule has 0 aromatic heterocycles. The summed E-state index contributed by atoms with van der Waals surface area (Å²) >= 11 is 0. The van der Waals surface area contributed by atoms with Crippen LogP contribution in [0.1, 0.15) is 24.8 Å². The molecule has 0 heterocycles. The van der Waals surface area contributed by atoms with Gasteiger partial charge in [0.1, 0.15) is 15.5 Å². The van der Waals surface area contributed by atoms with Crippen LogP contribution in [0.15, 0.2) is 60.7 Å². The number of hydrogen-bond donors (Lipinski definition) is 2. The second-order valence-electron chi connectivity index (χ2n) is 4.90. The standard InChI is InChI=1S/C13H13NO3S.C4H11N/c15-18(16,17)13(11-7-3-1-4-8-11)14-12-9-5-2-6-10-12;1-3-5-4-2/h1-10,13-14H,(H,15,16,17);5H,3-4H2,1-2H3. The number of rotatable bonds is 6. The van der Waals surface area contributed by atoms with Gasteiger partial charge < -0.3 is 15.2 Å². The Kier molecular flexibility index (Phi) is 8.32. The molecule has 0 saturated carbocycles. The van der Waals surface area contributed by atoms with Gasteiger partial charge in [-0.25, -0.2) is 8.42 Å². The van der Waals surface area contributed by atoms with Crippen molar-refractivity contribution < 1.29 is 18.3 Å². The summed E-state index contributed by atoms with van der Waals surface area (Å²) in [7, 11) is -4.48. The Labute approximate surface area is 138 Å². The molecule has 3 N–H and O–H groups in total. The molecule has 0 bridgehead atoms. The van der Waals surface area contributed by atoms with Crippen molar-refractivity contribution in [2.45, 2.75) is 19.2 Å². The second kappa shape index (κ2) is 9.99. The van der Waals surface area contributed by atoms with Gasteiger partial charge in [0, 0.05) is 5.69 Å². The predicted molar refractivity (Wildman–Crippen MR) is 92.0 cm³/mol. The molecule has 0 aliphatic heterocycles. The maximum Gasteiger partial charge on any atom is 0.143 e. The lowest BCUT2D eigenvalue weighted by Gasteiger charge is -2.23. The summed E-state index contributed by atoms with van der Waals surface area (Å²) in [6.45, 7) is 6.75. The number of nitrogens with one attached hydrogen (secondary N) is 1. The second-order valence-corrected chi connectivity index (χ2v) is 6.36. The third-order valence-corrected chi connectivity index (χ3v) is 4.01. The third kappa shape index (κ3) is 7.27. The zero-order valence-electron chi connectivity index (χ0n) is 13.5. The van der Waals surface area contributed by atoms with E-state index in [9.17, 15) is 13.0 Å². The molecule has 2 aromatic carbocycles. The quantitative estimate of drug-likeness (QED) is 0.789. The van der Waals surface area contributed by atoms with E-state index in [2.05, 4.69) is 24.5 Å². The van der Waals surface area contributed by atoms with Gasteiger partial charge in [0.25, 0.3) is 0 Å². The van der Waals surface area contributed by atoms with Crippen LogP contribution >= 0.6 is 0 Å². The summed E-state index contributed by atoms with van der Waals surface area (Å²) in [5, 5.41) is 3.71. The molecule has 0 spiro atoms. The van der Waals surface area contributed by atoms with Gasteiger partial charge in [-0.05, 0) is 31.5 Å². The maximum atomic E-state index is 11.3. The number of benzene rings is 2. The molecule has 0 aliphatic rings. The highest BCUT2D eigenvalue weighted by molar-refractivity contribution is 7.86. The first kappa shape index (κ1) is 19.2. The van der Waals surface area contributed by atoms with Crippen LogP contribution in [0.25, 0.3) is 0 Å². The fraction of sp³-hybridized carbons (Fsp3) is 0.294. The monoisotopic (exact) mass is 336 g/mol. The lowest BCUT2D eigenvalue weighted by Crippen LogP contribution is -2.82. The van der Waals surface area contributed by atoms with Gasteiger partial charge in [0.15, 0.2) is 0 Å². The van der Waals surface area contributed by atoms with Crippen molar-refractivity contribution in [3.8, 4) is 0 Å². The van der Waals surface area contributed by atoms with Crippen LogP contribution < -0.4 is 10.6 Å². The SMILES string of the molecule is CC[NH2+]CC.O=S(=O)([O-])C(Nc1ccccc1)c1ccccc1. The first-order chi connectivity index (χ1) is 11.0. The van der Waals surface area contributed by atoms with E-state index in [1.54, 1.807) is 54.6 Å². The summed E-state index contributed by atoms with van der Waals surface area (Å²) < 4.78 is 34.0. The molecule has 0 fully saturated rings. The van der Waals surface area contributed by atoms with Gasteiger partial charge in [-0.1, -0.05) is 48.5 Å². The summed E-state index contributed by atoms with van der Waals surface area (Å²) in [6, 6.07) is 17.1. The highest BCUT2D eigenvalue weighted by Crippen LogP contribution is 2.23. The van der Waals surface area contributed by atoms with Gasteiger partial charge in [-0.15, -0.1) is 0 Å². The molecule has 0 amide bonds. The van der Waals surface area contributed by atoms with Gasteiger partial charge in [-0.2, -0.15) is 0 Å². The molecular weight excluding hydrogens is 312 g/mol. The maximum absolute atomic E-state index is 11.3. The topological polar surface area (TPSA) is 85.8 Å². The van der Waals surface area contributed by atoms with E-state index in [0.29, 0.717) is 11.3 Å². The molecule has 126 valence electrons. The Morgan fingerprint density at radius 1 is 0.957 bits per heavy atom. The average molecular weight is 336 g/mol. The van der Waals surface area contributed by atoms with Crippen molar-refractivity contribution in [1.29, 1.82) is 0 Å². The van der Waals surface area contributed by atoms with E-state index in [-0.39, 0.29) is 0 Å². The average Bonchev–Trinajstić information content (AvgIpc) is 2.55. The van der Waals surface area contributed by atoms with Crippen molar-refractivity contribution >= 4 is 15.8 Å². The minimum atomic E-state index is -4.48. The van der Waals surface area contributed by atoms with Crippen LogP contribution in [0.5, 0.6) is 0 Å². The summed E-state index contributed by atoms with van der Waals surface area (Å²) in [4.78, 5) is 0. The largest absolute Gasteiger partial charge is 0.746 e. The molecule has 1 atom stereocenters. The van der Waals surface area contributed by atoms with E-state index >= 15 is 0 Å². The molecule has 6 heteroatoms. The lowest BCUT2D eigenvalue weighted by atomic mass is 10.2. The van der Waals surface area contributed by atoms with E-state index in [1.807, 2.05) is 6.07 Å². The van der Waals surface area contributed by atoms with Crippen molar-refractivity contribution in [2.24, 2.45) is 0 Å². The third-order valence-electron chi connectivity index (χ3n) is 3.04.